The van der Waals surface area contributed by atoms with E-state index in [4.69, 9.17) is 5.11 Å². The van der Waals surface area contributed by atoms with Crippen LogP contribution < -0.4 is 10.2 Å². The van der Waals surface area contributed by atoms with Crippen molar-refractivity contribution in [3.8, 4) is 0 Å². The number of fused-ring (bicyclic) bond motifs is 1. The molecule has 2 N–H and O–H groups in total. The molecule has 0 unspecified atom stereocenters. The second kappa shape index (κ2) is 8.23. The molecule has 0 aliphatic carbocycles. The molecular weight excluding hydrogens is 350 g/mol. The topological polar surface area (TPSA) is 65.5 Å². The number of nitrogens with one attached hydrogen (secondary N) is 1. The third kappa shape index (κ3) is 3.75. The average Bonchev–Trinajstić information content (AvgIpc) is 3.18. The molecule has 2 aromatic carbocycles. The van der Waals surface area contributed by atoms with Gasteiger partial charge >= 0.3 is 0 Å². The zero-order chi connectivity index (χ0) is 19.3. The van der Waals surface area contributed by atoms with E-state index in [0.717, 1.165) is 24.1 Å². The fourth-order valence-corrected chi connectivity index (χ4v) is 3.55. The van der Waals surface area contributed by atoms with Gasteiger partial charge in [0.25, 0.3) is 5.91 Å². The van der Waals surface area contributed by atoms with Gasteiger partial charge in [-0.05, 0) is 47.7 Å². The summed E-state index contributed by atoms with van der Waals surface area (Å²) in [6.07, 6.45) is 3.39. The lowest BCUT2D eigenvalue weighted by atomic mass is 10.1. The fourth-order valence-electron chi connectivity index (χ4n) is 3.55. The molecule has 5 nitrogen and oxygen atoms in total. The molecule has 0 spiro atoms. The molecule has 0 bridgehead atoms. The van der Waals surface area contributed by atoms with Gasteiger partial charge in [-0.1, -0.05) is 42.5 Å². The van der Waals surface area contributed by atoms with Crippen molar-refractivity contribution < 1.29 is 9.90 Å². The van der Waals surface area contributed by atoms with E-state index in [-0.39, 0.29) is 12.5 Å². The van der Waals surface area contributed by atoms with Crippen LogP contribution in [0.3, 0.4) is 0 Å². The van der Waals surface area contributed by atoms with Crippen LogP contribution >= 0.6 is 0 Å². The van der Waals surface area contributed by atoms with Gasteiger partial charge in [-0.25, -0.2) is 4.98 Å². The van der Waals surface area contributed by atoms with Gasteiger partial charge in [-0.2, -0.15) is 0 Å². The van der Waals surface area contributed by atoms with Crippen LogP contribution in [0, 0.1) is 0 Å². The molecule has 2 heterocycles. The van der Waals surface area contributed by atoms with Crippen LogP contribution in [0.4, 0.5) is 11.5 Å². The lowest BCUT2D eigenvalue weighted by molar-refractivity contribution is 0.0990. The summed E-state index contributed by atoms with van der Waals surface area (Å²) in [5, 5.41) is 12.4. The molecule has 1 aliphatic heterocycles. The number of carbonyl (C=O) groups is 1. The maximum absolute atomic E-state index is 13.2. The summed E-state index contributed by atoms with van der Waals surface area (Å²) in [5.74, 6) is 0.594. The van der Waals surface area contributed by atoms with Crippen molar-refractivity contribution in [3.05, 3.63) is 89.1 Å². The second-order valence-electron chi connectivity index (χ2n) is 6.89. The summed E-state index contributed by atoms with van der Waals surface area (Å²) in [4.78, 5) is 19.4. The SMILES string of the molecule is O=C(c1cccnc1NCCc1ccc(CO)cc1)N1CCc2ccccc21. The summed E-state index contributed by atoms with van der Waals surface area (Å²) >= 11 is 0. The molecule has 0 radical (unpaired) electrons. The number of aliphatic hydroxyl groups excluding tert-OH is 1. The van der Waals surface area contributed by atoms with Crippen molar-refractivity contribution in [1.29, 1.82) is 0 Å². The Hall–Kier alpha value is -3.18. The zero-order valence-electron chi connectivity index (χ0n) is 15.6. The number of hydrogen-bond donors (Lipinski definition) is 2. The lowest BCUT2D eigenvalue weighted by Crippen LogP contribution is -2.30. The highest BCUT2D eigenvalue weighted by Gasteiger charge is 2.26. The Morgan fingerprint density at radius 1 is 1.04 bits per heavy atom. The largest absolute Gasteiger partial charge is 0.392 e. The summed E-state index contributed by atoms with van der Waals surface area (Å²) in [5.41, 5.74) is 4.86. The summed E-state index contributed by atoms with van der Waals surface area (Å²) in [6.45, 7) is 1.42. The molecule has 0 saturated carbocycles. The minimum atomic E-state index is -0.0205. The highest BCUT2D eigenvalue weighted by atomic mass is 16.3. The molecule has 4 rings (SSSR count). The second-order valence-corrected chi connectivity index (χ2v) is 6.89. The smallest absolute Gasteiger partial charge is 0.262 e. The van der Waals surface area contributed by atoms with Gasteiger partial charge in [0.1, 0.15) is 5.82 Å². The van der Waals surface area contributed by atoms with Gasteiger partial charge in [0.15, 0.2) is 0 Å². The van der Waals surface area contributed by atoms with Gasteiger partial charge in [-0.3, -0.25) is 4.79 Å². The van der Waals surface area contributed by atoms with Crippen LogP contribution in [-0.4, -0.2) is 29.1 Å². The van der Waals surface area contributed by atoms with Crippen molar-refractivity contribution in [2.75, 3.05) is 23.3 Å². The van der Waals surface area contributed by atoms with Crippen LogP contribution in [0.5, 0.6) is 0 Å². The number of nitrogens with zero attached hydrogens (tertiary/aromatic N) is 2. The predicted molar refractivity (Wildman–Crippen MR) is 111 cm³/mol. The highest BCUT2D eigenvalue weighted by Crippen LogP contribution is 2.29. The number of aromatic nitrogens is 1. The van der Waals surface area contributed by atoms with Crippen molar-refractivity contribution in [1.82, 2.24) is 4.98 Å². The minimum Gasteiger partial charge on any atom is -0.392 e. The van der Waals surface area contributed by atoms with Crippen LogP contribution in [-0.2, 0) is 19.4 Å². The maximum atomic E-state index is 13.2. The lowest BCUT2D eigenvalue weighted by Gasteiger charge is -2.19. The first-order chi connectivity index (χ1) is 13.8. The van der Waals surface area contributed by atoms with Crippen LogP contribution in [0.1, 0.15) is 27.0 Å². The van der Waals surface area contributed by atoms with Gasteiger partial charge in [0.05, 0.1) is 12.2 Å². The first-order valence-electron chi connectivity index (χ1n) is 9.53. The van der Waals surface area contributed by atoms with Crippen LogP contribution in [0.15, 0.2) is 66.9 Å². The maximum Gasteiger partial charge on any atom is 0.262 e. The van der Waals surface area contributed by atoms with Gasteiger partial charge in [0.2, 0.25) is 0 Å². The van der Waals surface area contributed by atoms with E-state index in [0.29, 0.717) is 24.5 Å². The number of aliphatic hydroxyl groups is 1. The number of benzene rings is 2. The Balaban J connectivity index is 1.45. The van der Waals surface area contributed by atoms with E-state index >= 15 is 0 Å². The van der Waals surface area contributed by atoms with E-state index in [1.165, 1.54) is 11.1 Å². The molecule has 1 amide bonds. The monoisotopic (exact) mass is 373 g/mol. The van der Waals surface area contributed by atoms with E-state index in [1.54, 1.807) is 12.3 Å². The van der Waals surface area contributed by atoms with Gasteiger partial charge in [-0.15, -0.1) is 0 Å². The molecule has 0 fully saturated rings. The summed E-state index contributed by atoms with van der Waals surface area (Å²) in [7, 11) is 0. The molecule has 28 heavy (non-hydrogen) atoms. The molecule has 0 atom stereocenters. The Kier molecular flexibility index (Phi) is 5.35. The number of hydrogen-bond acceptors (Lipinski definition) is 4. The molecule has 1 aliphatic rings. The van der Waals surface area contributed by atoms with E-state index < -0.39 is 0 Å². The first kappa shape index (κ1) is 18.2. The van der Waals surface area contributed by atoms with E-state index in [1.807, 2.05) is 53.4 Å². The Morgan fingerprint density at radius 3 is 2.64 bits per heavy atom. The molecule has 1 aromatic heterocycles. The van der Waals surface area contributed by atoms with Crippen LogP contribution in [0.25, 0.3) is 0 Å². The highest BCUT2D eigenvalue weighted by molar-refractivity contribution is 6.10. The molecule has 0 saturated heterocycles. The average molecular weight is 373 g/mol. The van der Waals surface area contributed by atoms with Crippen molar-refractivity contribution in [2.24, 2.45) is 0 Å². The molecule has 3 aromatic rings. The number of carbonyl (C=O) groups excluding carboxylic acids is 1. The normalized spacial score (nSPS) is 12.7. The molecule has 142 valence electrons. The van der Waals surface area contributed by atoms with Crippen molar-refractivity contribution in [2.45, 2.75) is 19.4 Å². The van der Waals surface area contributed by atoms with Gasteiger partial charge in [0, 0.05) is 25.0 Å². The van der Waals surface area contributed by atoms with Crippen LogP contribution in [0.2, 0.25) is 0 Å². The first-order valence-corrected chi connectivity index (χ1v) is 9.53. The van der Waals surface area contributed by atoms with Crippen molar-refractivity contribution >= 4 is 17.4 Å². The minimum absolute atomic E-state index is 0.0205. The van der Waals surface area contributed by atoms with Crippen molar-refractivity contribution in [3.63, 3.8) is 0 Å². The Labute approximate surface area is 164 Å². The molecule has 5 heteroatoms. The number of pyridine rings is 1. The fraction of sp³-hybridized carbons (Fsp3) is 0.217. The number of anilines is 2. The predicted octanol–water partition coefficient (Wildman–Crippen LogP) is 3.43. The third-order valence-corrected chi connectivity index (χ3v) is 5.08. The third-order valence-electron chi connectivity index (χ3n) is 5.08. The van der Waals surface area contributed by atoms with E-state index in [9.17, 15) is 4.79 Å². The summed E-state index contributed by atoms with van der Waals surface area (Å²) < 4.78 is 0. The number of para-hydroxylation sites is 1. The molecular formula is C23H23N3O2. The number of amides is 1. The number of rotatable bonds is 6. The zero-order valence-corrected chi connectivity index (χ0v) is 15.6. The summed E-state index contributed by atoms with van der Waals surface area (Å²) in [6, 6.07) is 19.6. The van der Waals surface area contributed by atoms with E-state index in [2.05, 4.69) is 16.4 Å². The Bertz CT molecular complexity index is 970. The standard InChI is InChI=1S/C23H23N3O2/c27-16-18-9-7-17(8-10-18)11-14-25-22-20(5-3-13-24-22)23(28)26-15-12-19-4-1-2-6-21(19)26/h1-10,13,27H,11-12,14-16H2,(H,24,25). The Morgan fingerprint density at radius 2 is 1.82 bits per heavy atom. The van der Waals surface area contributed by atoms with Gasteiger partial charge < -0.3 is 15.3 Å². The quantitative estimate of drug-likeness (QED) is 0.695.